The Morgan fingerprint density at radius 1 is 1.12 bits per heavy atom. The summed E-state index contributed by atoms with van der Waals surface area (Å²) in [5.74, 6) is 0.948. The first kappa shape index (κ1) is 13.3. The van der Waals surface area contributed by atoms with Gasteiger partial charge in [0.15, 0.2) is 0 Å². The molecule has 1 aliphatic carbocycles. The monoisotopic (exact) mass is 239 g/mol. The van der Waals surface area contributed by atoms with Crippen LogP contribution in [0.2, 0.25) is 0 Å². The van der Waals surface area contributed by atoms with Gasteiger partial charge in [-0.2, -0.15) is 0 Å². The Balaban J connectivity index is 1.71. The van der Waals surface area contributed by atoms with E-state index in [0.29, 0.717) is 0 Å². The number of hydrogen-bond acceptors (Lipinski definition) is 3. The maximum atomic E-state index is 5.57. The maximum Gasteiger partial charge on any atom is 0.0113 e. The lowest BCUT2D eigenvalue weighted by Gasteiger charge is -2.42. The van der Waals surface area contributed by atoms with Crippen molar-refractivity contribution in [3.05, 3.63) is 0 Å². The first-order chi connectivity index (χ1) is 8.29. The molecule has 2 aliphatic rings. The fraction of sp³-hybridized carbons (Fsp3) is 1.00. The Morgan fingerprint density at radius 3 is 2.53 bits per heavy atom. The number of nitrogens with zero attached hydrogens (tertiary/aromatic N) is 2. The quantitative estimate of drug-likeness (QED) is 0.807. The lowest BCUT2D eigenvalue weighted by Crippen LogP contribution is -2.51. The highest BCUT2D eigenvalue weighted by Crippen LogP contribution is 2.27. The fourth-order valence-electron chi connectivity index (χ4n) is 3.40. The van der Waals surface area contributed by atoms with E-state index in [0.717, 1.165) is 24.9 Å². The van der Waals surface area contributed by atoms with Crippen molar-refractivity contribution in [2.45, 2.75) is 45.1 Å². The molecule has 2 fully saturated rings. The molecule has 1 aliphatic heterocycles. The zero-order chi connectivity index (χ0) is 12.1. The molecule has 1 saturated carbocycles. The summed E-state index contributed by atoms with van der Waals surface area (Å²) in [5.41, 5.74) is 5.57. The summed E-state index contributed by atoms with van der Waals surface area (Å²) in [5, 5.41) is 0. The molecular weight excluding hydrogens is 210 g/mol. The lowest BCUT2D eigenvalue weighted by atomic mass is 9.86. The maximum absolute atomic E-state index is 5.57. The molecule has 0 aromatic carbocycles. The summed E-state index contributed by atoms with van der Waals surface area (Å²) in [6.07, 6.45) is 6.92. The van der Waals surface area contributed by atoms with Gasteiger partial charge in [-0.15, -0.1) is 0 Å². The largest absolute Gasteiger partial charge is 0.330 e. The molecule has 0 aromatic heterocycles. The van der Waals surface area contributed by atoms with Crippen LogP contribution < -0.4 is 5.73 Å². The smallest absolute Gasteiger partial charge is 0.0113 e. The van der Waals surface area contributed by atoms with Gasteiger partial charge >= 0.3 is 0 Å². The van der Waals surface area contributed by atoms with Crippen LogP contribution in [0.1, 0.15) is 39.0 Å². The second-order valence-electron chi connectivity index (χ2n) is 5.95. The Labute approximate surface area is 106 Å². The van der Waals surface area contributed by atoms with E-state index in [1.54, 1.807) is 0 Å². The number of nitrogens with two attached hydrogens (primary N) is 1. The summed E-state index contributed by atoms with van der Waals surface area (Å²) >= 11 is 0. The van der Waals surface area contributed by atoms with Gasteiger partial charge < -0.3 is 10.6 Å². The molecule has 3 nitrogen and oxygen atoms in total. The van der Waals surface area contributed by atoms with E-state index >= 15 is 0 Å². The van der Waals surface area contributed by atoms with Gasteiger partial charge in [0, 0.05) is 32.2 Å². The van der Waals surface area contributed by atoms with Crippen molar-refractivity contribution in [1.29, 1.82) is 0 Å². The zero-order valence-corrected chi connectivity index (χ0v) is 11.4. The van der Waals surface area contributed by atoms with Crippen LogP contribution in [0.25, 0.3) is 0 Å². The van der Waals surface area contributed by atoms with E-state index in [-0.39, 0.29) is 0 Å². The minimum absolute atomic E-state index is 0.834. The van der Waals surface area contributed by atoms with Crippen LogP contribution in [0.15, 0.2) is 0 Å². The van der Waals surface area contributed by atoms with Crippen molar-refractivity contribution in [2.75, 3.05) is 39.3 Å². The van der Waals surface area contributed by atoms with E-state index in [9.17, 15) is 0 Å². The Bertz CT molecular complexity index is 212. The fourth-order valence-corrected chi connectivity index (χ4v) is 3.40. The summed E-state index contributed by atoms with van der Waals surface area (Å²) in [6, 6.07) is 0.885. The van der Waals surface area contributed by atoms with Crippen LogP contribution >= 0.6 is 0 Å². The van der Waals surface area contributed by atoms with E-state index in [1.807, 2.05) is 0 Å². The van der Waals surface area contributed by atoms with Crippen molar-refractivity contribution in [3.63, 3.8) is 0 Å². The average Bonchev–Trinajstić information content (AvgIpc) is 2.37. The van der Waals surface area contributed by atoms with Crippen molar-refractivity contribution in [2.24, 2.45) is 11.7 Å². The lowest BCUT2D eigenvalue weighted by molar-refractivity contribution is 0.0688. The SMILES string of the molecule is CC1CCCC(N2CCN(CCCN)CC2)C1. The van der Waals surface area contributed by atoms with Crippen molar-refractivity contribution in [1.82, 2.24) is 9.80 Å². The van der Waals surface area contributed by atoms with Gasteiger partial charge in [-0.05, 0) is 38.3 Å². The van der Waals surface area contributed by atoms with Crippen LogP contribution in [0, 0.1) is 5.92 Å². The number of hydrogen-bond donors (Lipinski definition) is 1. The number of piperazine rings is 1. The van der Waals surface area contributed by atoms with Gasteiger partial charge in [0.1, 0.15) is 0 Å². The molecule has 1 saturated heterocycles. The van der Waals surface area contributed by atoms with Crippen molar-refractivity contribution >= 4 is 0 Å². The van der Waals surface area contributed by atoms with Crippen LogP contribution in [-0.4, -0.2) is 55.1 Å². The molecule has 100 valence electrons. The van der Waals surface area contributed by atoms with Crippen LogP contribution in [-0.2, 0) is 0 Å². The van der Waals surface area contributed by atoms with Crippen molar-refractivity contribution in [3.8, 4) is 0 Å². The van der Waals surface area contributed by atoms with Crippen LogP contribution in [0.5, 0.6) is 0 Å². The average molecular weight is 239 g/mol. The minimum atomic E-state index is 0.834. The highest BCUT2D eigenvalue weighted by Gasteiger charge is 2.27. The minimum Gasteiger partial charge on any atom is -0.330 e. The highest BCUT2D eigenvalue weighted by atomic mass is 15.3. The third-order valence-electron chi connectivity index (χ3n) is 4.51. The molecular formula is C14H29N3. The summed E-state index contributed by atoms with van der Waals surface area (Å²) < 4.78 is 0. The van der Waals surface area contributed by atoms with Crippen molar-refractivity contribution < 1.29 is 0 Å². The second-order valence-corrected chi connectivity index (χ2v) is 5.95. The van der Waals surface area contributed by atoms with Gasteiger partial charge in [-0.1, -0.05) is 19.8 Å². The number of rotatable bonds is 4. The molecule has 2 unspecified atom stereocenters. The predicted octanol–water partition coefficient (Wildman–Crippen LogP) is 1.53. The van der Waals surface area contributed by atoms with Gasteiger partial charge in [0.05, 0.1) is 0 Å². The second kappa shape index (κ2) is 6.72. The molecule has 0 spiro atoms. The van der Waals surface area contributed by atoms with E-state index in [4.69, 9.17) is 5.73 Å². The van der Waals surface area contributed by atoms with Gasteiger partial charge in [0.25, 0.3) is 0 Å². The van der Waals surface area contributed by atoms with Gasteiger partial charge in [0.2, 0.25) is 0 Å². The van der Waals surface area contributed by atoms with E-state index in [1.165, 1.54) is 58.4 Å². The van der Waals surface area contributed by atoms with Crippen LogP contribution in [0.4, 0.5) is 0 Å². The normalized spacial score (nSPS) is 32.8. The molecule has 0 amide bonds. The Kier molecular flexibility index (Phi) is 5.26. The first-order valence-corrected chi connectivity index (χ1v) is 7.46. The molecule has 3 heteroatoms. The van der Waals surface area contributed by atoms with Crippen LogP contribution in [0.3, 0.4) is 0 Å². The van der Waals surface area contributed by atoms with Gasteiger partial charge in [-0.25, -0.2) is 0 Å². The molecule has 2 rings (SSSR count). The molecule has 0 radical (unpaired) electrons. The van der Waals surface area contributed by atoms with Gasteiger partial charge in [-0.3, -0.25) is 4.90 Å². The van der Waals surface area contributed by atoms with E-state index in [2.05, 4.69) is 16.7 Å². The molecule has 1 heterocycles. The first-order valence-electron chi connectivity index (χ1n) is 7.46. The molecule has 2 N–H and O–H groups in total. The Hall–Kier alpha value is -0.120. The molecule has 17 heavy (non-hydrogen) atoms. The topological polar surface area (TPSA) is 32.5 Å². The molecule has 0 bridgehead atoms. The summed E-state index contributed by atoms with van der Waals surface area (Å²) in [4.78, 5) is 5.32. The third kappa shape index (κ3) is 3.94. The standard InChI is InChI=1S/C14H29N3/c1-13-4-2-5-14(12-13)17-10-8-16(9-11-17)7-3-6-15/h13-14H,2-12,15H2,1H3. The highest BCUT2D eigenvalue weighted by molar-refractivity contribution is 4.82. The third-order valence-corrected chi connectivity index (χ3v) is 4.51. The zero-order valence-electron chi connectivity index (χ0n) is 11.4. The molecule has 0 aromatic rings. The summed E-state index contributed by atoms with van der Waals surface area (Å²) in [6.45, 7) is 9.52. The predicted molar refractivity (Wildman–Crippen MR) is 73.1 cm³/mol. The Morgan fingerprint density at radius 2 is 1.88 bits per heavy atom. The van der Waals surface area contributed by atoms with E-state index < -0.39 is 0 Å². The molecule has 2 atom stereocenters. The summed E-state index contributed by atoms with van der Waals surface area (Å²) in [7, 11) is 0.